The van der Waals surface area contributed by atoms with Crippen molar-refractivity contribution >= 4 is 26.5 Å². The number of Topliss-reactive ketones (excluding diaryl/α,β-unsaturated/α-hetero) is 1. The topological polar surface area (TPSA) is 108 Å². The minimum absolute atomic E-state index is 0.0955. The Balaban J connectivity index is 1.60. The molecule has 0 spiro atoms. The molecule has 2 heterocycles. The second-order valence-electron chi connectivity index (χ2n) is 9.36. The molecule has 8 nitrogen and oxygen atoms in total. The van der Waals surface area contributed by atoms with E-state index in [2.05, 4.69) is 15.0 Å². The molecule has 2 aromatic carbocycles. The van der Waals surface area contributed by atoms with Crippen molar-refractivity contribution in [2.75, 3.05) is 20.0 Å². The molecule has 1 saturated carbocycles. The zero-order valence-corrected chi connectivity index (χ0v) is 21.9. The molecule has 1 aliphatic rings. The van der Waals surface area contributed by atoms with Gasteiger partial charge >= 0.3 is 6.01 Å². The molecule has 4 aromatic rings. The van der Waals surface area contributed by atoms with E-state index in [4.69, 9.17) is 9.47 Å². The number of ketones is 1. The molecule has 2 aromatic heterocycles. The SMILES string of the molecule is COc1nccc([C@H]2C[C@@]2(C(=O)CS(=O)(=O)c2cccc3nc(C)ccc23)c2cc(C)ccc2OC)n1. The van der Waals surface area contributed by atoms with Gasteiger partial charge in [0.05, 0.1) is 35.7 Å². The van der Waals surface area contributed by atoms with Crippen LogP contribution in [0, 0.1) is 13.8 Å². The quantitative estimate of drug-likeness (QED) is 0.343. The molecule has 0 unspecified atom stereocenters. The number of pyridine rings is 1. The number of ether oxygens (including phenoxy) is 2. The Hall–Kier alpha value is -3.85. The van der Waals surface area contributed by atoms with E-state index in [0.717, 1.165) is 11.3 Å². The van der Waals surface area contributed by atoms with E-state index in [0.29, 0.717) is 34.3 Å². The molecule has 190 valence electrons. The summed E-state index contributed by atoms with van der Waals surface area (Å²) in [6.07, 6.45) is 1.97. The van der Waals surface area contributed by atoms with E-state index >= 15 is 0 Å². The molecule has 9 heteroatoms. The van der Waals surface area contributed by atoms with Crippen molar-refractivity contribution in [3.8, 4) is 11.8 Å². The first-order valence-electron chi connectivity index (χ1n) is 11.8. The Kier molecular flexibility index (Phi) is 6.19. The van der Waals surface area contributed by atoms with Gasteiger partial charge in [-0.15, -0.1) is 0 Å². The number of carbonyl (C=O) groups excluding carboxylic acids is 1. The smallest absolute Gasteiger partial charge is 0.316 e. The minimum atomic E-state index is -3.99. The normalized spacial score (nSPS) is 19.0. The van der Waals surface area contributed by atoms with Gasteiger partial charge in [0.25, 0.3) is 0 Å². The summed E-state index contributed by atoms with van der Waals surface area (Å²) in [7, 11) is -0.972. The number of carbonyl (C=O) groups is 1. The van der Waals surface area contributed by atoms with Crippen molar-refractivity contribution in [1.82, 2.24) is 15.0 Å². The second-order valence-corrected chi connectivity index (χ2v) is 11.3. The number of aromatic nitrogens is 3. The Morgan fingerprint density at radius 2 is 1.84 bits per heavy atom. The fraction of sp³-hybridized carbons (Fsp3) is 0.286. The van der Waals surface area contributed by atoms with Gasteiger partial charge in [0.1, 0.15) is 11.5 Å². The van der Waals surface area contributed by atoms with Crippen LogP contribution in [0.2, 0.25) is 0 Å². The van der Waals surface area contributed by atoms with Gasteiger partial charge in [-0.1, -0.05) is 23.8 Å². The van der Waals surface area contributed by atoms with Crippen molar-refractivity contribution in [2.24, 2.45) is 0 Å². The summed E-state index contributed by atoms with van der Waals surface area (Å²) in [5.74, 6) is -0.879. The number of hydrogen-bond acceptors (Lipinski definition) is 8. The summed E-state index contributed by atoms with van der Waals surface area (Å²) >= 11 is 0. The van der Waals surface area contributed by atoms with E-state index in [9.17, 15) is 13.2 Å². The molecule has 0 radical (unpaired) electrons. The first kappa shape index (κ1) is 24.8. The molecule has 0 N–H and O–H groups in total. The van der Waals surface area contributed by atoms with Gasteiger partial charge in [-0.25, -0.2) is 13.4 Å². The van der Waals surface area contributed by atoms with Crippen molar-refractivity contribution < 1.29 is 22.7 Å². The van der Waals surface area contributed by atoms with Crippen LogP contribution in [0.3, 0.4) is 0 Å². The molecule has 0 saturated heterocycles. The molecule has 5 rings (SSSR count). The standard InChI is InChI=1S/C28H27N3O5S/c1-17-8-11-24(35-3)20(14-17)28(15-21(28)23-12-13-29-27(31-23)36-4)26(32)16-37(33,34)25-7-5-6-22-19(25)10-9-18(2)30-22/h5-14,21H,15-16H2,1-4H3/t21-,28-/m1/s1. The van der Waals surface area contributed by atoms with Gasteiger partial charge in [0, 0.05) is 28.8 Å². The number of aryl methyl sites for hydroxylation is 2. The molecule has 2 atom stereocenters. The zero-order valence-electron chi connectivity index (χ0n) is 21.1. The fourth-order valence-electron chi connectivity index (χ4n) is 5.07. The Morgan fingerprint density at radius 1 is 1.03 bits per heavy atom. The van der Waals surface area contributed by atoms with Gasteiger partial charge < -0.3 is 9.47 Å². The van der Waals surface area contributed by atoms with E-state index in [1.165, 1.54) is 13.2 Å². The van der Waals surface area contributed by atoms with E-state index in [1.807, 2.05) is 32.0 Å². The number of sulfone groups is 1. The summed E-state index contributed by atoms with van der Waals surface area (Å²) in [6.45, 7) is 3.77. The van der Waals surface area contributed by atoms with E-state index in [1.54, 1.807) is 43.6 Å². The van der Waals surface area contributed by atoms with Crippen LogP contribution >= 0.6 is 0 Å². The first-order chi connectivity index (χ1) is 17.7. The molecule has 1 aliphatic carbocycles. The summed E-state index contributed by atoms with van der Waals surface area (Å²) in [6, 6.07) is 16.0. The lowest BCUT2D eigenvalue weighted by Gasteiger charge is -2.21. The van der Waals surface area contributed by atoms with Crippen LogP contribution in [0.5, 0.6) is 11.8 Å². The fourth-order valence-corrected chi connectivity index (χ4v) is 6.62. The summed E-state index contributed by atoms with van der Waals surface area (Å²) in [5.41, 5.74) is 2.46. The molecule has 0 amide bonds. The highest BCUT2D eigenvalue weighted by molar-refractivity contribution is 7.92. The Bertz CT molecular complexity index is 1640. The third-order valence-electron chi connectivity index (χ3n) is 6.98. The minimum Gasteiger partial charge on any atom is -0.496 e. The third-order valence-corrected chi connectivity index (χ3v) is 8.64. The predicted molar refractivity (Wildman–Crippen MR) is 139 cm³/mol. The molecular weight excluding hydrogens is 490 g/mol. The van der Waals surface area contributed by atoms with Crippen molar-refractivity contribution in [3.05, 3.63) is 83.3 Å². The average Bonchev–Trinajstić information content (AvgIpc) is 3.65. The lowest BCUT2D eigenvalue weighted by molar-refractivity contribution is -0.119. The maximum atomic E-state index is 14.1. The van der Waals surface area contributed by atoms with Crippen LogP contribution in [0.4, 0.5) is 0 Å². The number of rotatable bonds is 8. The molecule has 0 aliphatic heterocycles. The van der Waals surface area contributed by atoms with E-state index in [-0.39, 0.29) is 16.8 Å². The molecule has 37 heavy (non-hydrogen) atoms. The van der Waals surface area contributed by atoms with Crippen molar-refractivity contribution in [1.29, 1.82) is 0 Å². The maximum absolute atomic E-state index is 14.1. The highest BCUT2D eigenvalue weighted by atomic mass is 32.2. The molecular formula is C28H27N3O5S. The number of benzene rings is 2. The number of nitrogens with zero attached hydrogens (tertiary/aromatic N) is 3. The van der Waals surface area contributed by atoms with Gasteiger partial charge in [-0.2, -0.15) is 4.98 Å². The summed E-state index contributed by atoms with van der Waals surface area (Å²) in [4.78, 5) is 27.2. The van der Waals surface area contributed by atoms with Crippen LogP contribution in [0.25, 0.3) is 10.9 Å². The van der Waals surface area contributed by atoms with Crippen LogP contribution in [0.15, 0.2) is 65.7 Å². The Labute approximate surface area is 215 Å². The van der Waals surface area contributed by atoms with Gasteiger partial charge in [0.15, 0.2) is 15.6 Å². The number of methoxy groups -OCH3 is 2. The zero-order chi connectivity index (χ0) is 26.4. The van der Waals surface area contributed by atoms with Crippen molar-refractivity contribution in [3.63, 3.8) is 0 Å². The second kappa shape index (κ2) is 9.23. The average molecular weight is 518 g/mol. The van der Waals surface area contributed by atoms with Crippen LogP contribution < -0.4 is 9.47 Å². The maximum Gasteiger partial charge on any atom is 0.316 e. The number of hydrogen-bond donors (Lipinski definition) is 0. The first-order valence-corrected chi connectivity index (χ1v) is 13.5. The predicted octanol–water partition coefficient (Wildman–Crippen LogP) is 4.13. The largest absolute Gasteiger partial charge is 0.496 e. The molecule has 1 fully saturated rings. The lowest BCUT2D eigenvalue weighted by atomic mass is 9.86. The highest BCUT2D eigenvalue weighted by Gasteiger charge is 2.63. The van der Waals surface area contributed by atoms with Crippen molar-refractivity contribution in [2.45, 2.75) is 36.5 Å². The third kappa shape index (κ3) is 4.33. The van der Waals surface area contributed by atoms with Gasteiger partial charge in [0.2, 0.25) is 0 Å². The van der Waals surface area contributed by atoms with Gasteiger partial charge in [-0.05, 0) is 56.7 Å². The van der Waals surface area contributed by atoms with Crippen LogP contribution in [-0.4, -0.2) is 49.1 Å². The monoisotopic (exact) mass is 517 g/mol. The molecule has 0 bridgehead atoms. The Morgan fingerprint density at radius 3 is 2.59 bits per heavy atom. The van der Waals surface area contributed by atoms with Crippen LogP contribution in [0.1, 0.15) is 34.9 Å². The lowest BCUT2D eigenvalue weighted by Crippen LogP contribution is -2.30. The van der Waals surface area contributed by atoms with E-state index < -0.39 is 26.8 Å². The highest BCUT2D eigenvalue weighted by Crippen LogP contribution is 2.63. The van der Waals surface area contributed by atoms with Gasteiger partial charge in [-0.3, -0.25) is 9.78 Å². The van der Waals surface area contributed by atoms with Crippen LogP contribution in [-0.2, 0) is 20.0 Å². The summed E-state index contributed by atoms with van der Waals surface area (Å²) < 4.78 is 38.2. The summed E-state index contributed by atoms with van der Waals surface area (Å²) in [5, 5.41) is 0.496. The number of fused-ring (bicyclic) bond motifs is 1.